The van der Waals surface area contributed by atoms with Gasteiger partial charge in [0.05, 0.1) is 0 Å². The molecule has 0 aliphatic carbocycles. The van der Waals surface area contributed by atoms with E-state index in [-0.39, 0.29) is 5.48 Å². The lowest BCUT2D eigenvalue weighted by atomic mass is 10.0. The maximum Gasteiger partial charge on any atom is 0.168 e. The van der Waals surface area contributed by atoms with Gasteiger partial charge < -0.3 is 10.4 Å². The second kappa shape index (κ2) is 4.74. The van der Waals surface area contributed by atoms with Gasteiger partial charge in [0.2, 0.25) is 0 Å². The van der Waals surface area contributed by atoms with E-state index in [1.54, 1.807) is 6.07 Å². The molecule has 0 radical (unpaired) electrons. The van der Waals surface area contributed by atoms with Crippen molar-refractivity contribution < 1.29 is 15.6 Å². The largest absolute Gasteiger partial charge is 0.412 e. The summed E-state index contributed by atoms with van der Waals surface area (Å²) in [6.07, 6.45) is 0. The molecule has 3 N–H and O–H groups in total. The van der Waals surface area contributed by atoms with Gasteiger partial charge in [-0.1, -0.05) is 32.0 Å². The fraction of sp³-hybridized carbons (Fsp3) is 0.333. The highest BCUT2D eigenvalue weighted by molar-refractivity contribution is 5.34. The van der Waals surface area contributed by atoms with Crippen molar-refractivity contribution in [1.82, 2.24) is 0 Å². The minimum absolute atomic E-state index is 0. The monoisotopic (exact) mass is 170 g/mol. The molecule has 0 atom stereocenters. The molecule has 0 heterocycles. The lowest BCUT2D eigenvalue weighted by Crippen LogP contribution is -1.93. The Hall–Kier alpha value is -1.06. The predicted molar refractivity (Wildman–Crippen MR) is 47.4 cm³/mol. The van der Waals surface area contributed by atoms with Gasteiger partial charge in [-0.05, 0) is 12.0 Å². The van der Waals surface area contributed by atoms with Crippen LogP contribution in [-0.2, 0) is 0 Å². The Bertz CT molecular complexity index is 233. The Morgan fingerprint density at radius 2 is 1.83 bits per heavy atom. The van der Waals surface area contributed by atoms with Gasteiger partial charge in [0.15, 0.2) is 5.75 Å². The van der Waals surface area contributed by atoms with Crippen molar-refractivity contribution in [2.24, 2.45) is 0 Å². The van der Waals surface area contributed by atoms with E-state index >= 15 is 0 Å². The molecule has 68 valence electrons. The van der Waals surface area contributed by atoms with Crippen LogP contribution in [0.1, 0.15) is 25.3 Å². The summed E-state index contributed by atoms with van der Waals surface area (Å²) in [5.41, 5.74) is 1.02. The summed E-state index contributed by atoms with van der Waals surface area (Å²) in [5.74, 6) is 0.917. The molecular weight excluding hydrogens is 156 g/mol. The zero-order valence-corrected chi connectivity index (χ0v) is 7.24. The number of rotatable bonds is 2. The van der Waals surface area contributed by atoms with Crippen LogP contribution in [0.5, 0.6) is 5.75 Å². The third-order valence-electron chi connectivity index (χ3n) is 1.64. The first-order chi connectivity index (χ1) is 5.25. The first-order valence-electron chi connectivity index (χ1n) is 3.66. The summed E-state index contributed by atoms with van der Waals surface area (Å²) in [5, 5.41) is 8.47. The third-order valence-corrected chi connectivity index (χ3v) is 1.64. The van der Waals surface area contributed by atoms with Crippen LogP contribution in [0, 0.1) is 0 Å². The van der Waals surface area contributed by atoms with E-state index in [0.717, 1.165) is 5.56 Å². The summed E-state index contributed by atoms with van der Waals surface area (Å²) >= 11 is 0. The van der Waals surface area contributed by atoms with Crippen LogP contribution in [0.15, 0.2) is 24.3 Å². The highest BCUT2D eigenvalue weighted by Gasteiger charge is 2.05. The molecule has 0 saturated heterocycles. The quantitative estimate of drug-likeness (QED) is 0.543. The van der Waals surface area contributed by atoms with E-state index in [1.807, 2.05) is 18.2 Å². The van der Waals surface area contributed by atoms with Crippen molar-refractivity contribution in [3.8, 4) is 5.75 Å². The molecule has 3 heteroatoms. The average Bonchev–Trinajstić information content (AvgIpc) is 2.04. The van der Waals surface area contributed by atoms with Crippen molar-refractivity contribution in [2.45, 2.75) is 19.8 Å². The second-order valence-corrected chi connectivity index (χ2v) is 2.78. The first-order valence-corrected chi connectivity index (χ1v) is 3.66. The van der Waals surface area contributed by atoms with Crippen molar-refractivity contribution in [3.05, 3.63) is 29.8 Å². The summed E-state index contributed by atoms with van der Waals surface area (Å²) in [7, 11) is 0. The summed E-state index contributed by atoms with van der Waals surface area (Å²) < 4.78 is 0. The molecule has 0 unspecified atom stereocenters. The summed E-state index contributed by atoms with van der Waals surface area (Å²) in [4.78, 5) is 4.21. The normalized spacial score (nSPS) is 9.33. The first kappa shape index (κ1) is 10.9. The summed E-state index contributed by atoms with van der Waals surface area (Å²) in [6, 6.07) is 7.45. The van der Waals surface area contributed by atoms with Crippen molar-refractivity contribution >= 4 is 0 Å². The molecule has 3 nitrogen and oxygen atoms in total. The average molecular weight is 170 g/mol. The van der Waals surface area contributed by atoms with Crippen molar-refractivity contribution in [2.75, 3.05) is 0 Å². The van der Waals surface area contributed by atoms with E-state index in [1.165, 1.54) is 0 Å². The fourth-order valence-electron chi connectivity index (χ4n) is 1.04. The van der Waals surface area contributed by atoms with Crippen LogP contribution in [0.3, 0.4) is 0 Å². The van der Waals surface area contributed by atoms with Gasteiger partial charge >= 0.3 is 0 Å². The topological polar surface area (TPSA) is 61.0 Å². The highest BCUT2D eigenvalue weighted by Crippen LogP contribution is 2.24. The number of para-hydroxylation sites is 1. The smallest absolute Gasteiger partial charge is 0.168 e. The maximum absolute atomic E-state index is 8.47. The van der Waals surface area contributed by atoms with Gasteiger partial charge in [-0.3, -0.25) is 0 Å². The molecule has 0 fully saturated rings. The third kappa shape index (κ3) is 2.22. The van der Waals surface area contributed by atoms with Crippen LogP contribution < -0.4 is 4.89 Å². The predicted octanol–water partition coefficient (Wildman–Crippen LogP) is 1.84. The lowest BCUT2D eigenvalue weighted by Gasteiger charge is -2.08. The van der Waals surface area contributed by atoms with Crippen LogP contribution >= 0.6 is 0 Å². The molecule has 0 amide bonds. The van der Waals surface area contributed by atoms with E-state index in [0.29, 0.717) is 11.7 Å². The molecular formula is C9H14O3. The summed E-state index contributed by atoms with van der Waals surface area (Å²) in [6.45, 7) is 4.11. The Balaban J connectivity index is 0.00000121. The van der Waals surface area contributed by atoms with Gasteiger partial charge in [0.1, 0.15) is 0 Å². The molecule has 0 aliphatic rings. The zero-order chi connectivity index (χ0) is 8.27. The van der Waals surface area contributed by atoms with Crippen molar-refractivity contribution in [1.29, 1.82) is 0 Å². The van der Waals surface area contributed by atoms with Gasteiger partial charge in [-0.2, -0.15) is 0 Å². The second-order valence-electron chi connectivity index (χ2n) is 2.78. The molecule has 0 spiro atoms. The Morgan fingerprint density at radius 1 is 1.25 bits per heavy atom. The fourth-order valence-corrected chi connectivity index (χ4v) is 1.04. The Morgan fingerprint density at radius 3 is 2.25 bits per heavy atom. The maximum atomic E-state index is 8.47. The minimum Gasteiger partial charge on any atom is -0.412 e. The van der Waals surface area contributed by atoms with Gasteiger partial charge in [0.25, 0.3) is 0 Å². The van der Waals surface area contributed by atoms with E-state index in [2.05, 4.69) is 18.7 Å². The van der Waals surface area contributed by atoms with Gasteiger partial charge in [0, 0.05) is 5.56 Å². The molecule has 0 aliphatic heterocycles. The molecule has 1 aromatic rings. The van der Waals surface area contributed by atoms with Crippen LogP contribution in [-0.4, -0.2) is 10.7 Å². The Kier molecular flexibility index (Phi) is 4.33. The standard InChI is InChI=1S/C9H12O2.H2O/c1-7(2)8-5-3-4-6-9(8)11-10;/h3-7,10H,1-2H3;1H2. The number of hydrogen-bond acceptors (Lipinski definition) is 2. The van der Waals surface area contributed by atoms with Crippen LogP contribution in [0.4, 0.5) is 0 Å². The van der Waals surface area contributed by atoms with E-state index in [9.17, 15) is 0 Å². The molecule has 0 saturated carbocycles. The molecule has 1 aromatic carbocycles. The lowest BCUT2D eigenvalue weighted by molar-refractivity contribution is -0.138. The van der Waals surface area contributed by atoms with Crippen molar-refractivity contribution in [3.63, 3.8) is 0 Å². The molecule has 0 aromatic heterocycles. The van der Waals surface area contributed by atoms with Gasteiger partial charge in [-0.15, -0.1) is 0 Å². The van der Waals surface area contributed by atoms with E-state index < -0.39 is 0 Å². The van der Waals surface area contributed by atoms with Crippen LogP contribution in [0.2, 0.25) is 0 Å². The zero-order valence-electron chi connectivity index (χ0n) is 7.24. The van der Waals surface area contributed by atoms with Gasteiger partial charge in [-0.25, -0.2) is 5.26 Å². The molecule has 1 rings (SSSR count). The molecule has 0 bridgehead atoms. The highest BCUT2D eigenvalue weighted by atomic mass is 17.1. The molecule has 12 heavy (non-hydrogen) atoms. The SMILES string of the molecule is CC(C)c1ccccc1OO.O. The number of hydrogen-bond donors (Lipinski definition) is 1. The number of benzene rings is 1. The van der Waals surface area contributed by atoms with Crippen LogP contribution in [0.25, 0.3) is 0 Å². The minimum atomic E-state index is 0. The van der Waals surface area contributed by atoms with E-state index in [4.69, 9.17) is 5.26 Å². The Labute approximate surface area is 71.8 Å².